The number of hydrogen-bond donors (Lipinski definition) is 3. The topological polar surface area (TPSA) is 105 Å². The van der Waals surface area contributed by atoms with Crippen LogP contribution < -0.4 is 10.6 Å². The molecule has 0 aliphatic carbocycles. The molecule has 0 fully saturated rings. The summed E-state index contributed by atoms with van der Waals surface area (Å²) in [5.41, 5.74) is 2.76. The fraction of sp³-hybridized carbons (Fsp3) is 0.261. The van der Waals surface area contributed by atoms with Crippen molar-refractivity contribution in [2.24, 2.45) is 5.16 Å². The predicted octanol–water partition coefficient (Wildman–Crippen LogP) is 3.62. The van der Waals surface area contributed by atoms with Gasteiger partial charge in [0.2, 0.25) is 5.91 Å². The van der Waals surface area contributed by atoms with Gasteiger partial charge in [-0.1, -0.05) is 53.7 Å². The van der Waals surface area contributed by atoms with E-state index >= 15 is 0 Å². The maximum Gasteiger partial charge on any atom is 0.408 e. The molecular formula is C23H23BrN4O4. The van der Waals surface area contributed by atoms with Gasteiger partial charge >= 0.3 is 6.09 Å². The number of nitrogens with one attached hydrogen (secondary N) is 3. The highest BCUT2D eigenvalue weighted by Crippen LogP contribution is 2.19. The number of carbonyl (C=O) groups excluding carboxylic acids is 2. The zero-order valence-electron chi connectivity index (χ0n) is 17.2. The zero-order valence-corrected chi connectivity index (χ0v) is 18.8. The third-order valence-electron chi connectivity index (χ3n) is 5.12. The lowest BCUT2D eigenvalue weighted by Crippen LogP contribution is -2.49. The number of H-pyrrole nitrogens is 1. The maximum atomic E-state index is 13.0. The molecule has 1 aliphatic rings. The minimum Gasteiger partial charge on any atom is -0.445 e. The van der Waals surface area contributed by atoms with Gasteiger partial charge in [-0.15, -0.1) is 0 Å². The molecule has 0 radical (unpaired) electrons. The average Bonchev–Trinajstić information content (AvgIpc) is 3.42. The van der Waals surface area contributed by atoms with Crippen LogP contribution >= 0.6 is 15.9 Å². The highest BCUT2D eigenvalue weighted by atomic mass is 79.9. The van der Waals surface area contributed by atoms with Crippen LogP contribution in [0.1, 0.15) is 17.5 Å². The number of amides is 2. The Kier molecular flexibility index (Phi) is 7.06. The first kappa shape index (κ1) is 21.9. The van der Waals surface area contributed by atoms with Gasteiger partial charge in [0.05, 0.1) is 6.54 Å². The Morgan fingerprint density at radius 1 is 1.19 bits per heavy atom. The Hall–Kier alpha value is -3.33. The third-order valence-corrected chi connectivity index (χ3v) is 5.59. The van der Waals surface area contributed by atoms with Crippen LogP contribution in [0.15, 0.2) is 65.9 Å². The second kappa shape index (κ2) is 10.3. The van der Waals surface area contributed by atoms with E-state index in [0.717, 1.165) is 22.0 Å². The summed E-state index contributed by atoms with van der Waals surface area (Å²) in [6.07, 6.45) is 1.85. The quantitative estimate of drug-likeness (QED) is 0.441. The van der Waals surface area contributed by atoms with E-state index in [2.05, 4.69) is 36.7 Å². The zero-order chi connectivity index (χ0) is 22.3. The van der Waals surface area contributed by atoms with Crippen molar-refractivity contribution >= 4 is 43.5 Å². The Morgan fingerprint density at radius 2 is 1.97 bits per heavy atom. The van der Waals surface area contributed by atoms with Crippen molar-refractivity contribution in [3.05, 3.63) is 71.9 Å². The lowest BCUT2D eigenvalue weighted by atomic mass is 10.0. The monoisotopic (exact) mass is 498 g/mol. The Labute approximate surface area is 193 Å². The molecule has 3 aromatic rings. The number of hydrogen-bond acceptors (Lipinski definition) is 5. The molecule has 0 spiro atoms. The van der Waals surface area contributed by atoms with Gasteiger partial charge in [-0.3, -0.25) is 4.79 Å². The van der Waals surface area contributed by atoms with Crippen LogP contribution in [-0.2, 0) is 27.4 Å². The summed E-state index contributed by atoms with van der Waals surface area (Å²) in [6.45, 7) is 0.401. The molecule has 2 heterocycles. The van der Waals surface area contributed by atoms with Gasteiger partial charge in [-0.2, -0.15) is 0 Å². The summed E-state index contributed by atoms with van der Waals surface area (Å²) < 4.78 is 6.02. The van der Waals surface area contributed by atoms with Gasteiger partial charge in [-0.05, 0) is 33.1 Å². The van der Waals surface area contributed by atoms with Crippen molar-refractivity contribution in [2.75, 3.05) is 6.54 Å². The predicted molar refractivity (Wildman–Crippen MR) is 124 cm³/mol. The van der Waals surface area contributed by atoms with Crippen molar-refractivity contribution in [2.45, 2.75) is 31.6 Å². The SMILES string of the molecule is O=C(N[C@@H](Cc1c[nH]c2ccccc12)C(=O)NCC1CC(Br)=NO1)OCc1ccccc1. The molecule has 1 aliphatic heterocycles. The molecule has 2 atom stereocenters. The van der Waals surface area contributed by atoms with Crippen molar-refractivity contribution in [3.8, 4) is 0 Å². The van der Waals surface area contributed by atoms with Crippen molar-refractivity contribution in [1.29, 1.82) is 0 Å². The molecule has 0 bridgehead atoms. The van der Waals surface area contributed by atoms with E-state index < -0.39 is 12.1 Å². The number of nitrogens with zero attached hydrogens (tertiary/aromatic N) is 1. The van der Waals surface area contributed by atoms with Crippen LogP contribution in [-0.4, -0.2) is 40.3 Å². The lowest BCUT2D eigenvalue weighted by Gasteiger charge is -2.19. The Morgan fingerprint density at radius 3 is 2.75 bits per heavy atom. The van der Waals surface area contributed by atoms with Crippen LogP contribution in [0, 0.1) is 0 Å². The molecule has 1 unspecified atom stereocenters. The van der Waals surface area contributed by atoms with Crippen molar-refractivity contribution < 1.29 is 19.2 Å². The van der Waals surface area contributed by atoms with E-state index in [0.29, 0.717) is 17.5 Å². The average molecular weight is 499 g/mol. The van der Waals surface area contributed by atoms with Gasteiger partial charge in [0.1, 0.15) is 17.3 Å². The minimum absolute atomic E-state index is 0.120. The van der Waals surface area contributed by atoms with Gasteiger partial charge < -0.3 is 25.2 Å². The van der Waals surface area contributed by atoms with E-state index in [1.165, 1.54) is 0 Å². The fourth-order valence-electron chi connectivity index (χ4n) is 3.48. The lowest BCUT2D eigenvalue weighted by molar-refractivity contribution is -0.123. The number of carbonyl (C=O) groups is 2. The van der Waals surface area contributed by atoms with E-state index in [1.54, 1.807) is 0 Å². The molecule has 166 valence electrons. The first-order valence-electron chi connectivity index (χ1n) is 10.3. The van der Waals surface area contributed by atoms with E-state index in [9.17, 15) is 9.59 Å². The summed E-state index contributed by atoms with van der Waals surface area (Å²) in [5.74, 6) is -0.321. The number of para-hydroxylation sites is 1. The number of ether oxygens (including phenoxy) is 1. The number of benzene rings is 2. The maximum absolute atomic E-state index is 13.0. The molecule has 8 nitrogen and oxygen atoms in total. The van der Waals surface area contributed by atoms with Gasteiger partial charge in [0.25, 0.3) is 0 Å². The molecular weight excluding hydrogens is 476 g/mol. The summed E-state index contributed by atoms with van der Waals surface area (Å²) in [7, 11) is 0. The molecule has 32 heavy (non-hydrogen) atoms. The molecule has 9 heteroatoms. The minimum atomic E-state index is -0.816. The summed E-state index contributed by atoms with van der Waals surface area (Å²) in [4.78, 5) is 33.8. The summed E-state index contributed by atoms with van der Waals surface area (Å²) in [6, 6.07) is 16.4. The normalized spacial score (nSPS) is 16.2. The van der Waals surface area contributed by atoms with Gasteiger partial charge in [-0.25, -0.2) is 4.79 Å². The molecule has 2 aromatic carbocycles. The smallest absolute Gasteiger partial charge is 0.408 e. The molecule has 0 saturated carbocycles. The fourth-order valence-corrected chi connectivity index (χ4v) is 3.92. The number of rotatable bonds is 8. The van der Waals surface area contributed by atoms with Crippen LogP contribution in [0.4, 0.5) is 4.79 Å². The summed E-state index contributed by atoms with van der Waals surface area (Å²) >= 11 is 3.28. The number of halogens is 1. The molecule has 4 rings (SSSR count). The molecule has 3 N–H and O–H groups in total. The first-order chi connectivity index (χ1) is 15.6. The number of oxime groups is 1. The number of aromatic nitrogens is 1. The van der Waals surface area contributed by atoms with E-state index in [1.807, 2.05) is 60.8 Å². The highest BCUT2D eigenvalue weighted by Gasteiger charge is 2.26. The summed E-state index contributed by atoms with van der Waals surface area (Å²) in [5, 5.41) is 10.4. The third kappa shape index (κ3) is 5.67. The standard InChI is InChI=1S/C23H23BrN4O4/c24-21-11-17(32-28-21)13-26-22(29)20(10-16-12-25-19-9-5-4-8-18(16)19)27-23(30)31-14-15-6-2-1-3-7-15/h1-9,12,17,20,25H,10-11,13-14H2,(H,26,29)(H,27,30)/t17?,20-/m0/s1. The Balaban J connectivity index is 1.41. The molecule has 1 aromatic heterocycles. The van der Waals surface area contributed by atoms with Gasteiger partial charge in [0.15, 0.2) is 6.10 Å². The van der Waals surface area contributed by atoms with Crippen LogP contribution in [0.5, 0.6) is 0 Å². The highest BCUT2D eigenvalue weighted by molar-refractivity contribution is 9.18. The second-order valence-electron chi connectivity index (χ2n) is 7.47. The van der Waals surface area contributed by atoms with Crippen LogP contribution in [0.3, 0.4) is 0 Å². The largest absolute Gasteiger partial charge is 0.445 e. The van der Waals surface area contributed by atoms with Gasteiger partial charge in [0, 0.05) is 29.9 Å². The molecule has 2 amide bonds. The second-order valence-corrected chi connectivity index (χ2v) is 8.38. The van der Waals surface area contributed by atoms with Crippen LogP contribution in [0.2, 0.25) is 0 Å². The van der Waals surface area contributed by atoms with E-state index in [4.69, 9.17) is 9.57 Å². The van der Waals surface area contributed by atoms with E-state index in [-0.39, 0.29) is 25.2 Å². The molecule has 0 saturated heterocycles. The number of aromatic amines is 1. The van der Waals surface area contributed by atoms with Crippen molar-refractivity contribution in [1.82, 2.24) is 15.6 Å². The number of alkyl carbamates (subject to hydrolysis) is 1. The van der Waals surface area contributed by atoms with Crippen molar-refractivity contribution in [3.63, 3.8) is 0 Å². The first-order valence-corrected chi connectivity index (χ1v) is 11.1. The van der Waals surface area contributed by atoms with Crippen LogP contribution in [0.25, 0.3) is 10.9 Å². The Bertz CT molecular complexity index is 1120. The number of fused-ring (bicyclic) bond motifs is 1.